The van der Waals surface area contributed by atoms with Gasteiger partial charge in [0, 0.05) is 40.3 Å². The Bertz CT molecular complexity index is 179. The molecule has 0 atom stereocenters. The molecule has 0 aromatic carbocycles. The van der Waals surface area contributed by atoms with Crippen molar-refractivity contribution >= 4 is 15.0 Å². The Kier molecular flexibility index (Phi) is 44.5. The highest BCUT2D eigenvalue weighted by Crippen LogP contribution is 1.94. The van der Waals surface area contributed by atoms with E-state index in [4.69, 9.17) is 4.74 Å². The molecule has 23 heavy (non-hydrogen) atoms. The smallest absolute Gasteiger partial charge is 0.209 e. The minimum Gasteiger partial charge on any atom is -0.379 e. The van der Waals surface area contributed by atoms with Crippen molar-refractivity contribution < 1.29 is 9.53 Å². The quantitative estimate of drug-likeness (QED) is 0.469. The van der Waals surface area contributed by atoms with Crippen LogP contribution in [0.1, 0.15) is 34.6 Å². The van der Waals surface area contributed by atoms with Gasteiger partial charge in [0.1, 0.15) is 0 Å². The van der Waals surface area contributed by atoms with Gasteiger partial charge >= 0.3 is 0 Å². The second kappa shape index (κ2) is 33.4. The highest BCUT2D eigenvalue weighted by atomic mass is 31.1. The Labute approximate surface area is 148 Å². The third kappa shape index (κ3) is 39.0. The van der Waals surface area contributed by atoms with E-state index < -0.39 is 0 Å². The van der Waals surface area contributed by atoms with Crippen molar-refractivity contribution in [2.45, 2.75) is 34.6 Å². The molecule has 6 heteroatoms. The molecule has 1 fully saturated rings. The standard InChI is InChI=1S/C8H18N2O.C3H7NO.C2H7P.2C2H6/c1-2-9-3-4-10-5-7-11-8-6-10;1-4(2)3-5;1-3-2;2*1-2/h9H,2-8H2,1H3;3H,1-2H3;3H,1-2H3;2*1-2H3. The summed E-state index contributed by atoms with van der Waals surface area (Å²) in [6.07, 6.45) is 0.750. The van der Waals surface area contributed by atoms with Gasteiger partial charge in [0.2, 0.25) is 6.41 Å². The third-order valence-electron chi connectivity index (χ3n) is 2.17. The number of hydrogen-bond acceptors (Lipinski definition) is 4. The first-order valence-electron chi connectivity index (χ1n) is 8.83. The van der Waals surface area contributed by atoms with Crippen LogP contribution in [0.25, 0.3) is 0 Å². The van der Waals surface area contributed by atoms with Crippen molar-refractivity contribution in [1.29, 1.82) is 0 Å². The Morgan fingerprint density at radius 3 is 1.83 bits per heavy atom. The van der Waals surface area contributed by atoms with E-state index in [0.717, 1.165) is 60.9 Å². The van der Waals surface area contributed by atoms with Crippen LogP contribution in [0.3, 0.4) is 0 Å². The summed E-state index contributed by atoms with van der Waals surface area (Å²) in [6, 6.07) is 0. The maximum atomic E-state index is 9.43. The SMILES string of the molecule is CC.CC.CCNCCN1CCOCC1.CN(C)C=O.CPC. The summed E-state index contributed by atoms with van der Waals surface area (Å²) in [5.41, 5.74) is 0. The molecule has 1 saturated heterocycles. The first kappa shape index (κ1) is 30.6. The van der Waals surface area contributed by atoms with Gasteiger partial charge in [0.05, 0.1) is 13.2 Å². The minimum absolute atomic E-state index is 0.750. The number of nitrogens with zero attached hydrogens (tertiary/aromatic N) is 2. The molecule has 144 valence electrons. The van der Waals surface area contributed by atoms with Crippen LogP contribution >= 0.6 is 8.58 Å². The van der Waals surface area contributed by atoms with Gasteiger partial charge in [-0.2, -0.15) is 0 Å². The molecule has 1 aliphatic heterocycles. The van der Waals surface area contributed by atoms with E-state index in [2.05, 4.69) is 30.5 Å². The van der Waals surface area contributed by atoms with Crippen LogP contribution < -0.4 is 5.32 Å². The van der Waals surface area contributed by atoms with E-state index in [0.29, 0.717) is 0 Å². The topological polar surface area (TPSA) is 44.8 Å². The number of morpholine rings is 1. The van der Waals surface area contributed by atoms with Gasteiger partial charge in [-0.1, -0.05) is 34.6 Å². The summed E-state index contributed by atoms with van der Waals surface area (Å²) < 4.78 is 5.24. The predicted molar refractivity (Wildman–Crippen MR) is 108 cm³/mol. The molecule has 0 radical (unpaired) electrons. The van der Waals surface area contributed by atoms with Crippen LogP contribution in [0, 0.1) is 0 Å². The van der Waals surface area contributed by atoms with E-state index in [1.807, 2.05) is 27.7 Å². The zero-order valence-corrected chi connectivity index (χ0v) is 18.2. The zero-order chi connectivity index (χ0) is 18.9. The summed E-state index contributed by atoms with van der Waals surface area (Å²) in [6.45, 7) is 21.8. The van der Waals surface area contributed by atoms with Gasteiger partial charge in [0.15, 0.2) is 0 Å². The molecule has 0 aromatic heterocycles. The maximum Gasteiger partial charge on any atom is 0.209 e. The summed E-state index contributed by atoms with van der Waals surface area (Å²) >= 11 is 0. The Morgan fingerprint density at radius 1 is 1.13 bits per heavy atom. The second-order valence-corrected chi connectivity index (χ2v) is 5.38. The molecular formula is C17H44N3O2P. The van der Waals surface area contributed by atoms with Crippen molar-refractivity contribution in [2.24, 2.45) is 0 Å². The lowest BCUT2D eigenvalue weighted by Gasteiger charge is -2.26. The fourth-order valence-corrected chi connectivity index (χ4v) is 1.24. The highest BCUT2D eigenvalue weighted by molar-refractivity contribution is 7.35. The minimum atomic E-state index is 0.750. The lowest BCUT2D eigenvalue weighted by atomic mass is 10.4. The predicted octanol–water partition coefficient (Wildman–Crippen LogP) is 2.61. The average Bonchev–Trinajstić information content (AvgIpc) is 2.61. The van der Waals surface area contributed by atoms with E-state index >= 15 is 0 Å². The van der Waals surface area contributed by atoms with Crippen LogP contribution in [0.15, 0.2) is 0 Å². The van der Waals surface area contributed by atoms with Crippen molar-refractivity contribution in [3.8, 4) is 0 Å². The zero-order valence-electron chi connectivity index (χ0n) is 17.2. The number of nitrogens with one attached hydrogen (secondary N) is 1. The molecule has 0 aromatic rings. The van der Waals surface area contributed by atoms with Crippen LogP contribution in [-0.4, -0.2) is 89.6 Å². The second-order valence-electron chi connectivity index (χ2n) is 4.38. The molecular weight excluding hydrogens is 309 g/mol. The molecule has 0 spiro atoms. The summed E-state index contributed by atoms with van der Waals surface area (Å²) in [5.74, 6) is 0. The van der Waals surface area contributed by atoms with Crippen LogP contribution in [0.2, 0.25) is 0 Å². The Morgan fingerprint density at radius 2 is 1.52 bits per heavy atom. The fraction of sp³-hybridized carbons (Fsp3) is 0.941. The maximum absolute atomic E-state index is 9.43. The van der Waals surface area contributed by atoms with Crippen molar-refractivity contribution in [3.63, 3.8) is 0 Å². The largest absolute Gasteiger partial charge is 0.379 e. The molecule has 1 N–H and O–H groups in total. The summed E-state index contributed by atoms with van der Waals surface area (Å²) in [7, 11) is 4.46. The molecule has 1 heterocycles. The van der Waals surface area contributed by atoms with Crippen LogP contribution in [0.5, 0.6) is 0 Å². The van der Waals surface area contributed by atoms with E-state index in [1.165, 1.54) is 4.90 Å². The number of ether oxygens (including phenoxy) is 1. The van der Waals surface area contributed by atoms with Gasteiger partial charge in [-0.05, 0) is 19.9 Å². The van der Waals surface area contributed by atoms with Gasteiger partial charge in [0.25, 0.3) is 0 Å². The molecule has 1 amide bonds. The molecule has 0 saturated carbocycles. The lowest BCUT2D eigenvalue weighted by molar-refractivity contribution is -0.115. The first-order valence-corrected chi connectivity index (χ1v) is 10.8. The van der Waals surface area contributed by atoms with Crippen molar-refractivity contribution in [1.82, 2.24) is 15.1 Å². The van der Waals surface area contributed by atoms with Crippen LogP contribution in [-0.2, 0) is 9.53 Å². The first-order chi connectivity index (χ1) is 11.1. The molecule has 0 bridgehead atoms. The molecule has 1 aliphatic rings. The molecule has 5 nitrogen and oxygen atoms in total. The van der Waals surface area contributed by atoms with Gasteiger partial charge in [-0.15, -0.1) is 8.58 Å². The van der Waals surface area contributed by atoms with Gasteiger partial charge < -0.3 is 15.0 Å². The summed E-state index contributed by atoms with van der Waals surface area (Å²) in [4.78, 5) is 13.3. The van der Waals surface area contributed by atoms with E-state index in [1.54, 1.807) is 14.1 Å². The van der Waals surface area contributed by atoms with Gasteiger partial charge in [-0.25, -0.2) is 0 Å². The van der Waals surface area contributed by atoms with Gasteiger partial charge in [-0.3, -0.25) is 9.69 Å². The number of carbonyl (C=O) groups excluding carboxylic acids is 1. The molecule has 0 unspecified atom stereocenters. The van der Waals surface area contributed by atoms with E-state index in [9.17, 15) is 4.79 Å². The lowest BCUT2D eigenvalue weighted by Crippen LogP contribution is -2.40. The fourth-order valence-electron chi connectivity index (χ4n) is 1.24. The average molecular weight is 354 g/mol. The number of amides is 1. The highest BCUT2D eigenvalue weighted by Gasteiger charge is 2.08. The Balaban J connectivity index is -0.000000127. The van der Waals surface area contributed by atoms with Crippen LogP contribution in [0.4, 0.5) is 0 Å². The number of hydrogen-bond donors (Lipinski definition) is 1. The normalized spacial score (nSPS) is 12.6. The summed E-state index contributed by atoms with van der Waals surface area (Å²) in [5, 5.41) is 3.31. The monoisotopic (exact) mass is 353 g/mol. The van der Waals surface area contributed by atoms with Crippen molar-refractivity contribution in [3.05, 3.63) is 0 Å². The molecule has 0 aliphatic carbocycles. The van der Waals surface area contributed by atoms with Crippen molar-refractivity contribution in [2.75, 3.05) is 73.4 Å². The Hall–Kier alpha value is -0.220. The third-order valence-corrected chi connectivity index (χ3v) is 2.17. The number of likely N-dealkylation sites (N-methyl/N-ethyl adjacent to an activating group) is 1. The van der Waals surface area contributed by atoms with E-state index in [-0.39, 0.29) is 0 Å². The number of carbonyl (C=O) groups is 1. The number of rotatable bonds is 5. The molecule has 1 rings (SSSR count).